The number of rotatable bonds is 7. The first-order valence-corrected chi connectivity index (χ1v) is 6.28. The van der Waals surface area contributed by atoms with Crippen molar-refractivity contribution in [2.24, 2.45) is 5.73 Å². The molecule has 0 spiro atoms. The third-order valence-corrected chi connectivity index (χ3v) is 3.02. The van der Waals surface area contributed by atoms with Crippen LogP contribution in [-0.2, 0) is 11.3 Å². The number of benzene rings is 1. The Morgan fingerprint density at radius 3 is 2.78 bits per heavy atom. The van der Waals surface area contributed by atoms with Gasteiger partial charge in [-0.25, -0.2) is 4.39 Å². The maximum Gasteiger partial charge on any atom is 0.127 e. The minimum atomic E-state index is -0.231. The summed E-state index contributed by atoms with van der Waals surface area (Å²) in [5.41, 5.74) is 6.86. The van der Waals surface area contributed by atoms with Crippen LogP contribution in [0.25, 0.3) is 0 Å². The van der Waals surface area contributed by atoms with Crippen LogP contribution in [-0.4, -0.2) is 36.7 Å². The number of thiocarbonyl (C=S) groups is 1. The van der Waals surface area contributed by atoms with Gasteiger partial charge < -0.3 is 10.5 Å². The van der Waals surface area contributed by atoms with Crippen molar-refractivity contribution < 1.29 is 9.13 Å². The molecule has 5 heteroatoms. The lowest BCUT2D eigenvalue weighted by Crippen LogP contribution is -2.27. The van der Waals surface area contributed by atoms with E-state index in [0.29, 0.717) is 24.3 Å². The first-order valence-electron chi connectivity index (χ1n) is 5.88. The van der Waals surface area contributed by atoms with Gasteiger partial charge in [0.05, 0.1) is 6.61 Å². The van der Waals surface area contributed by atoms with Crippen molar-refractivity contribution in [2.75, 3.05) is 26.8 Å². The standard InChI is InChI=1S/C13H19FN2OS/c1-3-16(6-7-17-2)9-11-8-10(13(15)18)4-5-12(11)14/h4-5,8H,3,6-7,9H2,1-2H3,(H2,15,18). The van der Waals surface area contributed by atoms with E-state index in [-0.39, 0.29) is 10.8 Å². The van der Waals surface area contributed by atoms with Crippen molar-refractivity contribution in [3.05, 3.63) is 35.1 Å². The van der Waals surface area contributed by atoms with Gasteiger partial charge in [0.15, 0.2) is 0 Å². The average molecular weight is 270 g/mol. The number of hydrogen-bond acceptors (Lipinski definition) is 3. The molecule has 0 aliphatic heterocycles. The molecule has 0 amide bonds. The molecule has 0 saturated heterocycles. The highest BCUT2D eigenvalue weighted by Gasteiger charge is 2.09. The lowest BCUT2D eigenvalue weighted by atomic mass is 10.1. The summed E-state index contributed by atoms with van der Waals surface area (Å²) in [5, 5.41) is 0. The van der Waals surface area contributed by atoms with E-state index < -0.39 is 0 Å². The van der Waals surface area contributed by atoms with Crippen LogP contribution in [0.4, 0.5) is 4.39 Å². The third kappa shape index (κ3) is 4.33. The van der Waals surface area contributed by atoms with Crippen molar-refractivity contribution in [2.45, 2.75) is 13.5 Å². The molecule has 1 aromatic rings. The van der Waals surface area contributed by atoms with Gasteiger partial charge in [-0.15, -0.1) is 0 Å². The molecule has 0 saturated carbocycles. The van der Waals surface area contributed by atoms with Gasteiger partial charge in [-0.2, -0.15) is 0 Å². The van der Waals surface area contributed by atoms with Crippen molar-refractivity contribution in [3.63, 3.8) is 0 Å². The molecule has 18 heavy (non-hydrogen) atoms. The maximum atomic E-state index is 13.7. The predicted octanol–water partition coefficient (Wildman–Crippen LogP) is 1.93. The smallest absolute Gasteiger partial charge is 0.127 e. The monoisotopic (exact) mass is 270 g/mol. The van der Waals surface area contributed by atoms with E-state index in [1.165, 1.54) is 6.07 Å². The molecule has 0 bridgehead atoms. The van der Waals surface area contributed by atoms with Crippen molar-refractivity contribution in [1.82, 2.24) is 4.90 Å². The number of hydrogen-bond donors (Lipinski definition) is 1. The second-order valence-electron chi connectivity index (χ2n) is 4.03. The number of likely N-dealkylation sites (N-methyl/N-ethyl adjacent to an activating group) is 1. The van der Waals surface area contributed by atoms with E-state index in [4.69, 9.17) is 22.7 Å². The van der Waals surface area contributed by atoms with Crippen LogP contribution in [0.2, 0.25) is 0 Å². The Hall–Kier alpha value is -1.04. The largest absolute Gasteiger partial charge is 0.389 e. The SMILES string of the molecule is CCN(CCOC)Cc1cc(C(N)=S)ccc1F. The van der Waals surface area contributed by atoms with Crippen LogP contribution in [0.3, 0.4) is 0 Å². The Morgan fingerprint density at radius 2 is 2.22 bits per heavy atom. The third-order valence-electron chi connectivity index (χ3n) is 2.78. The lowest BCUT2D eigenvalue weighted by Gasteiger charge is -2.20. The summed E-state index contributed by atoms with van der Waals surface area (Å²) >= 11 is 4.90. The van der Waals surface area contributed by atoms with Gasteiger partial charge in [0.1, 0.15) is 10.8 Å². The quantitative estimate of drug-likeness (QED) is 0.768. The molecule has 0 fully saturated rings. The van der Waals surface area contributed by atoms with Gasteiger partial charge in [-0.05, 0) is 24.7 Å². The van der Waals surface area contributed by atoms with Crippen LogP contribution in [0.1, 0.15) is 18.1 Å². The van der Waals surface area contributed by atoms with Crippen LogP contribution in [0, 0.1) is 5.82 Å². The zero-order chi connectivity index (χ0) is 13.5. The molecule has 3 nitrogen and oxygen atoms in total. The molecular weight excluding hydrogens is 251 g/mol. The molecule has 0 radical (unpaired) electrons. The summed E-state index contributed by atoms with van der Waals surface area (Å²) in [4.78, 5) is 2.39. The Balaban J connectivity index is 2.80. The van der Waals surface area contributed by atoms with Crippen molar-refractivity contribution >= 4 is 17.2 Å². The minimum absolute atomic E-state index is 0.231. The second kappa shape index (κ2) is 7.41. The van der Waals surface area contributed by atoms with Gasteiger partial charge in [0.25, 0.3) is 0 Å². The zero-order valence-electron chi connectivity index (χ0n) is 10.8. The first-order chi connectivity index (χ1) is 8.58. The summed E-state index contributed by atoms with van der Waals surface area (Å²) in [5.74, 6) is -0.231. The molecule has 0 unspecified atom stereocenters. The van der Waals surface area contributed by atoms with Crippen LogP contribution >= 0.6 is 12.2 Å². The molecule has 0 aromatic heterocycles. The highest BCUT2D eigenvalue weighted by molar-refractivity contribution is 7.80. The van der Waals surface area contributed by atoms with E-state index in [1.807, 2.05) is 6.92 Å². The molecule has 0 aliphatic carbocycles. The highest BCUT2D eigenvalue weighted by atomic mass is 32.1. The summed E-state index contributed by atoms with van der Waals surface area (Å²) in [6.45, 7) is 4.79. The number of methoxy groups -OCH3 is 1. The van der Waals surface area contributed by atoms with Crippen LogP contribution < -0.4 is 5.73 Å². The molecule has 2 N–H and O–H groups in total. The fourth-order valence-corrected chi connectivity index (χ4v) is 1.79. The molecule has 1 aromatic carbocycles. The van der Waals surface area contributed by atoms with Crippen molar-refractivity contribution in [3.8, 4) is 0 Å². The molecule has 0 atom stereocenters. The fourth-order valence-electron chi connectivity index (χ4n) is 1.66. The van der Waals surface area contributed by atoms with Gasteiger partial charge in [-0.1, -0.05) is 19.1 Å². The summed E-state index contributed by atoms with van der Waals surface area (Å²) in [7, 11) is 1.65. The highest BCUT2D eigenvalue weighted by Crippen LogP contribution is 2.13. The Bertz CT molecular complexity index is 412. The van der Waals surface area contributed by atoms with Crippen LogP contribution in [0.15, 0.2) is 18.2 Å². The van der Waals surface area contributed by atoms with E-state index in [1.54, 1.807) is 19.2 Å². The zero-order valence-corrected chi connectivity index (χ0v) is 11.6. The van der Waals surface area contributed by atoms with Gasteiger partial charge in [-0.3, -0.25) is 4.90 Å². The number of ether oxygens (including phenoxy) is 1. The van der Waals surface area contributed by atoms with E-state index >= 15 is 0 Å². The number of halogens is 1. The lowest BCUT2D eigenvalue weighted by molar-refractivity contribution is 0.147. The predicted molar refractivity (Wildman–Crippen MR) is 75.1 cm³/mol. The molecule has 100 valence electrons. The molecule has 0 heterocycles. The Morgan fingerprint density at radius 1 is 1.50 bits per heavy atom. The fraction of sp³-hybridized carbons (Fsp3) is 0.462. The minimum Gasteiger partial charge on any atom is -0.389 e. The maximum absolute atomic E-state index is 13.7. The Kier molecular flexibility index (Phi) is 6.18. The van der Waals surface area contributed by atoms with Gasteiger partial charge >= 0.3 is 0 Å². The van der Waals surface area contributed by atoms with E-state index in [0.717, 1.165) is 13.1 Å². The first kappa shape index (κ1) is 15.0. The molecule has 0 aliphatic rings. The second-order valence-corrected chi connectivity index (χ2v) is 4.47. The van der Waals surface area contributed by atoms with Gasteiger partial charge in [0, 0.05) is 31.3 Å². The average Bonchev–Trinajstić information content (AvgIpc) is 2.36. The topological polar surface area (TPSA) is 38.5 Å². The van der Waals surface area contributed by atoms with Gasteiger partial charge in [0.2, 0.25) is 0 Å². The van der Waals surface area contributed by atoms with Crippen molar-refractivity contribution in [1.29, 1.82) is 0 Å². The molecule has 1 rings (SSSR count). The van der Waals surface area contributed by atoms with E-state index in [2.05, 4.69) is 4.90 Å². The van der Waals surface area contributed by atoms with Crippen LogP contribution in [0.5, 0.6) is 0 Å². The molecular formula is C13H19FN2OS. The summed E-state index contributed by atoms with van der Waals surface area (Å²) in [6, 6.07) is 4.73. The summed E-state index contributed by atoms with van der Waals surface area (Å²) in [6.07, 6.45) is 0. The Labute approximate surface area is 113 Å². The summed E-state index contributed by atoms with van der Waals surface area (Å²) < 4.78 is 18.7. The number of nitrogens with zero attached hydrogens (tertiary/aromatic N) is 1. The number of nitrogens with two attached hydrogens (primary N) is 1. The van der Waals surface area contributed by atoms with E-state index in [9.17, 15) is 4.39 Å². The normalized spacial score (nSPS) is 10.9.